The first-order valence-electron chi connectivity index (χ1n) is 7.98. The van der Waals surface area contributed by atoms with Crippen LogP contribution in [0.4, 0.5) is 0 Å². The van der Waals surface area contributed by atoms with Crippen molar-refractivity contribution in [2.75, 3.05) is 38.6 Å². The summed E-state index contributed by atoms with van der Waals surface area (Å²) in [6, 6.07) is 8.52. The van der Waals surface area contributed by atoms with Crippen LogP contribution in [0, 0.1) is 0 Å². The fraction of sp³-hybridized carbons (Fsp3) is 0.562. The Kier molecular flexibility index (Phi) is 12.9. The van der Waals surface area contributed by atoms with Crippen LogP contribution in [-0.2, 0) is 14.6 Å². The Bertz CT molecular complexity index is 565. The molecule has 138 valence electrons. The number of sulfone groups is 1. The monoisotopic (exact) mass is 469 g/mol. The molecule has 2 N–H and O–H groups in total. The van der Waals surface area contributed by atoms with Gasteiger partial charge < -0.3 is 15.4 Å². The molecule has 0 spiro atoms. The number of halogens is 1. The topological polar surface area (TPSA) is 79.8 Å². The molecule has 0 aliphatic heterocycles. The molecular weight excluding hydrogens is 441 g/mol. The lowest BCUT2D eigenvalue weighted by Gasteiger charge is -2.11. The smallest absolute Gasteiger partial charge is 0.191 e. The van der Waals surface area contributed by atoms with Crippen LogP contribution in [0.3, 0.4) is 0 Å². The average Bonchev–Trinajstić information content (AvgIpc) is 2.56. The van der Waals surface area contributed by atoms with Crippen LogP contribution in [0.5, 0.6) is 0 Å². The van der Waals surface area contributed by atoms with Gasteiger partial charge in [0.25, 0.3) is 0 Å². The zero-order valence-electron chi connectivity index (χ0n) is 14.3. The van der Waals surface area contributed by atoms with E-state index in [0.29, 0.717) is 43.6 Å². The van der Waals surface area contributed by atoms with Crippen molar-refractivity contribution in [3.05, 3.63) is 30.3 Å². The summed E-state index contributed by atoms with van der Waals surface area (Å²) in [6.45, 7) is 7.11. The lowest BCUT2D eigenvalue weighted by atomic mass is 10.4. The van der Waals surface area contributed by atoms with E-state index in [-0.39, 0.29) is 29.7 Å². The summed E-state index contributed by atoms with van der Waals surface area (Å²) in [4.78, 5) is 4.75. The van der Waals surface area contributed by atoms with Crippen molar-refractivity contribution in [1.29, 1.82) is 0 Å². The second kappa shape index (κ2) is 13.4. The molecule has 1 rings (SSSR count). The number of guanidine groups is 1. The van der Waals surface area contributed by atoms with E-state index in [4.69, 9.17) is 4.74 Å². The molecular formula is C16H28IN3O3S. The summed E-state index contributed by atoms with van der Waals surface area (Å²) in [6.07, 6.45) is 0.485. The molecule has 0 heterocycles. The quantitative estimate of drug-likeness (QED) is 0.237. The molecule has 0 saturated heterocycles. The van der Waals surface area contributed by atoms with E-state index >= 15 is 0 Å². The van der Waals surface area contributed by atoms with E-state index in [1.807, 2.05) is 13.8 Å². The Labute approximate surface area is 162 Å². The molecule has 0 fully saturated rings. The van der Waals surface area contributed by atoms with Crippen molar-refractivity contribution < 1.29 is 13.2 Å². The van der Waals surface area contributed by atoms with Gasteiger partial charge in [0, 0.05) is 26.2 Å². The normalized spacial score (nSPS) is 11.7. The SMILES string of the molecule is CCNC(=NCCCS(=O)(=O)c1ccccc1)NCCOCC.I. The summed E-state index contributed by atoms with van der Waals surface area (Å²) in [5.41, 5.74) is 0. The first kappa shape index (κ1) is 23.1. The molecule has 24 heavy (non-hydrogen) atoms. The number of hydrogen-bond acceptors (Lipinski definition) is 4. The van der Waals surface area contributed by atoms with Crippen LogP contribution >= 0.6 is 24.0 Å². The number of aliphatic imine (C=N–C) groups is 1. The third-order valence-corrected chi connectivity index (χ3v) is 4.85. The van der Waals surface area contributed by atoms with Crippen molar-refractivity contribution in [2.45, 2.75) is 25.2 Å². The second-order valence-electron chi connectivity index (χ2n) is 4.87. The highest BCUT2D eigenvalue weighted by atomic mass is 127. The molecule has 1 aromatic carbocycles. The molecule has 6 nitrogen and oxygen atoms in total. The van der Waals surface area contributed by atoms with E-state index in [2.05, 4.69) is 15.6 Å². The van der Waals surface area contributed by atoms with Crippen LogP contribution in [0.1, 0.15) is 20.3 Å². The van der Waals surface area contributed by atoms with E-state index in [1.165, 1.54) is 0 Å². The molecule has 0 bridgehead atoms. The number of nitrogens with one attached hydrogen (secondary N) is 2. The minimum absolute atomic E-state index is 0. The lowest BCUT2D eigenvalue weighted by molar-refractivity contribution is 0.152. The van der Waals surface area contributed by atoms with Crippen molar-refractivity contribution >= 4 is 39.8 Å². The van der Waals surface area contributed by atoms with Gasteiger partial charge in [-0.3, -0.25) is 4.99 Å². The highest BCUT2D eigenvalue weighted by molar-refractivity contribution is 14.0. The largest absolute Gasteiger partial charge is 0.380 e. The molecule has 1 aromatic rings. The number of nitrogens with zero attached hydrogens (tertiary/aromatic N) is 1. The Hall–Kier alpha value is -0.870. The molecule has 0 radical (unpaired) electrons. The molecule has 0 saturated carbocycles. The minimum atomic E-state index is -3.22. The third-order valence-electron chi connectivity index (χ3n) is 3.03. The van der Waals surface area contributed by atoms with Gasteiger partial charge in [0.2, 0.25) is 0 Å². The number of rotatable bonds is 10. The molecule has 0 unspecified atom stereocenters. The van der Waals surface area contributed by atoms with E-state index < -0.39 is 9.84 Å². The number of benzene rings is 1. The van der Waals surface area contributed by atoms with Gasteiger partial charge in [-0.1, -0.05) is 18.2 Å². The molecule has 0 amide bonds. The number of ether oxygens (including phenoxy) is 1. The number of hydrogen-bond donors (Lipinski definition) is 2. The maximum atomic E-state index is 12.2. The highest BCUT2D eigenvalue weighted by Crippen LogP contribution is 2.10. The van der Waals surface area contributed by atoms with Gasteiger partial charge >= 0.3 is 0 Å². The van der Waals surface area contributed by atoms with Crippen molar-refractivity contribution in [1.82, 2.24) is 10.6 Å². The van der Waals surface area contributed by atoms with Gasteiger partial charge in [-0.2, -0.15) is 0 Å². The van der Waals surface area contributed by atoms with Crippen molar-refractivity contribution in [2.24, 2.45) is 4.99 Å². The molecule has 0 aliphatic rings. The summed E-state index contributed by atoms with van der Waals surface area (Å²) >= 11 is 0. The van der Waals surface area contributed by atoms with Gasteiger partial charge in [0.15, 0.2) is 15.8 Å². The third kappa shape index (κ3) is 9.43. The maximum absolute atomic E-state index is 12.2. The minimum Gasteiger partial charge on any atom is -0.380 e. The molecule has 0 aliphatic carbocycles. The van der Waals surface area contributed by atoms with Gasteiger partial charge in [-0.25, -0.2) is 8.42 Å². The van der Waals surface area contributed by atoms with Gasteiger partial charge in [-0.15, -0.1) is 24.0 Å². The van der Waals surface area contributed by atoms with Crippen LogP contribution in [-0.4, -0.2) is 53.0 Å². The Morgan fingerprint density at radius 1 is 1.17 bits per heavy atom. The van der Waals surface area contributed by atoms with Crippen LogP contribution in [0.15, 0.2) is 40.2 Å². The predicted octanol–water partition coefficient (Wildman–Crippen LogP) is 2.06. The van der Waals surface area contributed by atoms with Crippen LogP contribution in [0.25, 0.3) is 0 Å². The summed E-state index contributed by atoms with van der Waals surface area (Å²) in [5, 5.41) is 6.27. The van der Waals surface area contributed by atoms with Gasteiger partial charge in [0.05, 0.1) is 17.3 Å². The first-order valence-corrected chi connectivity index (χ1v) is 9.63. The Morgan fingerprint density at radius 3 is 2.50 bits per heavy atom. The summed E-state index contributed by atoms with van der Waals surface area (Å²) < 4.78 is 29.6. The van der Waals surface area contributed by atoms with E-state index in [0.717, 1.165) is 6.54 Å². The molecule has 0 aromatic heterocycles. The zero-order valence-corrected chi connectivity index (χ0v) is 17.5. The summed E-state index contributed by atoms with van der Waals surface area (Å²) in [7, 11) is -3.22. The van der Waals surface area contributed by atoms with Gasteiger partial charge in [0.1, 0.15) is 0 Å². The van der Waals surface area contributed by atoms with Crippen LogP contribution in [0.2, 0.25) is 0 Å². The lowest BCUT2D eigenvalue weighted by Crippen LogP contribution is -2.39. The second-order valence-corrected chi connectivity index (χ2v) is 6.98. The fourth-order valence-electron chi connectivity index (χ4n) is 1.92. The Morgan fingerprint density at radius 2 is 1.88 bits per heavy atom. The predicted molar refractivity (Wildman–Crippen MR) is 109 cm³/mol. The van der Waals surface area contributed by atoms with Crippen molar-refractivity contribution in [3.63, 3.8) is 0 Å². The summed E-state index contributed by atoms with van der Waals surface area (Å²) in [5.74, 6) is 0.781. The highest BCUT2D eigenvalue weighted by Gasteiger charge is 2.12. The average molecular weight is 469 g/mol. The Balaban J connectivity index is 0.00000529. The van der Waals surface area contributed by atoms with E-state index in [9.17, 15) is 8.42 Å². The maximum Gasteiger partial charge on any atom is 0.191 e. The van der Waals surface area contributed by atoms with Crippen molar-refractivity contribution in [3.8, 4) is 0 Å². The van der Waals surface area contributed by atoms with E-state index in [1.54, 1.807) is 30.3 Å². The standard InChI is InChI=1S/C16H27N3O3S.HI/c1-3-17-16(19-12-13-22-4-2)18-11-8-14-23(20,21)15-9-6-5-7-10-15;/h5-7,9-10H,3-4,8,11-14H2,1-2H3,(H2,17,18,19);1H. The molecule has 0 atom stereocenters. The van der Waals surface area contributed by atoms with Crippen LogP contribution < -0.4 is 10.6 Å². The van der Waals surface area contributed by atoms with Gasteiger partial charge in [-0.05, 0) is 32.4 Å². The first-order chi connectivity index (χ1) is 11.1. The molecule has 8 heteroatoms. The fourth-order valence-corrected chi connectivity index (χ4v) is 3.24. The zero-order chi connectivity index (χ0) is 17.0.